The van der Waals surface area contributed by atoms with Crippen molar-refractivity contribution < 1.29 is 9.53 Å². The van der Waals surface area contributed by atoms with Gasteiger partial charge in [0.2, 0.25) is 0 Å². The molecule has 3 N–H and O–H groups in total. The maximum Gasteiger partial charge on any atom is 0.255 e. The van der Waals surface area contributed by atoms with E-state index >= 15 is 0 Å². The Morgan fingerprint density at radius 3 is 2.48 bits per heavy atom. The summed E-state index contributed by atoms with van der Waals surface area (Å²) >= 11 is 0. The normalized spacial score (nSPS) is 10.2. The fraction of sp³-hybridized carbons (Fsp3) is 0.235. The first-order valence-corrected chi connectivity index (χ1v) is 6.91. The Bertz CT molecular complexity index is 621. The Hall–Kier alpha value is -2.33. The number of hydrogen-bond donors (Lipinski definition) is 2. The fourth-order valence-corrected chi connectivity index (χ4v) is 2.08. The van der Waals surface area contributed by atoms with Gasteiger partial charge in [0.25, 0.3) is 5.91 Å². The van der Waals surface area contributed by atoms with Crippen LogP contribution in [0.25, 0.3) is 0 Å². The molecule has 4 nitrogen and oxygen atoms in total. The van der Waals surface area contributed by atoms with Gasteiger partial charge in [-0.05, 0) is 49.7 Å². The zero-order chi connectivity index (χ0) is 15.2. The zero-order valence-electron chi connectivity index (χ0n) is 12.3. The second-order valence-electron chi connectivity index (χ2n) is 4.93. The molecule has 0 fully saturated rings. The molecule has 110 valence electrons. The second-order valence-corrected chi connectivity index (χ2v) is 4.93. The largest absolute Gasteiger partial charge is 0.492 e. The van der Waals surface area contributed by atoms with Crippen LogP contribution in [0.3, 0.4) is 0 Å². The van der Waals surface area contributed by atoms with E-state index in [9.17, 15) is 4.79 Å². The van der Waals surface area contributed by atoms with Crippen LogP contribution in [-0.4, -0.2) is 19.1 Å². The van der Waals surface area contributed by atoms with Crippen molar-refractivity contribution in [2.45, 2.75) is 13.8 Å². The highest BCUT2D eigenvalue weighted by molar-refractivity contribution is 6.05. The Kier molecular flexibility index (Phi) is 4.95. The maximum absolute atomic E-state index is 12.2. The summed E-state index contributed by atoms with van der Waals surface area (Å²) in [5.41, 5.74) is 8.91. The van der Waals surface area contributed by atoms with E-state index in [1.807, 2.05) is 56.3 Å². The molecule has 0 atom stereocenters. The summed E-state index contributed by atoms with van der Waals surface area (Å²) in [6.45, 7) is 4.90. The second kappa shape index (κ2) is 6.90. The minimum Gasteiger partial charge on any atom is -0.492 e. The van der Waals surface area contributed by atoms with Crippen molar-refractivity contribution in [2.24, 2.45) is 5.73 Å². The Morgan fingerprint density at radius 2 is 1.86 bits per heavy atom. The van der Waals surface area contributed by atoms with Gasteiger partial charge in [-0.1, -0.05) is 17.7 Å². The van der Waals surface area contributed by atoms with Gasteiger partial charge in [-0.2, -0.15) is 0 Å². The molecule has 4 heteroatoms. The lowest BCUT2D eigenvalue weighted by molar-refractivity contribution is 0.102. The molecule has 0 aromatic heterocycles. The first-order chi connectivity index (χ1) is 10.1. The van der Waals surface area contributed by atoms with Gasteiger partial charge >= 0.3 is 0 Å². The van der Waals surface area contributed by atoms with E-state index in [4.69, 9.17) is 10.5 Å². The molecule has 0 saturated heterocycles. The molecule has 21 heavy (non-hydrogen) atoms. The predicted octanol–water partition coefficient (Wildman–Crippen LogP) is 2.89. The molecule has 1 amide bonds. The minimum atomic E-state index is -0.108. The number of ether oxygens (including phenoxy) is 1. The van der Waals surface area contributed by atoms with Crippen LogP contribution in [0.1, 0.15) is 21.5 Å². The van der Waals surface area contributed by atoms with E-state index in [1.165, 1.54) is 0 Å². The average molecular weight is 284 g/mol. The molecule has 0 aliphatic rings. The van der Waals surface area contributed by atoms with Crippen LogP contribution in [0.2, 0.25) is 0 Å². The Balaban J connectivity index is 2.05. The van der Waals surface area contributed by atoms with Gasteiger partial charge in [0.1, 0.15) is 12.4 Å². The van der Waals surface area contributed by atoms with Gasteiger partial charge in [0.15, 0.2) is 0 Å². The van der Waals surface area contributed by atoms with Gasteiger partial charge < -0.3 is 15.8 Å². The van der Waals surface area contributed by atoms with Crippen molar-refractivity contribution in [3.8, 4) is 5.75 Å². The Labute approximate surface area is 124 Å². The highest BCUT2D eigenvalue weighted by Gasteiger charge is 2.09. The summed E-state index contributed by atoms with van der Waals surface area (Å²) in [7, 11) is 0. The van der Waals surface area contributed by atoms with Crippen molar-refractivity contribution in [3.05, 3.63) is 59.2 Å². The van der Waals surface area contributed by atoms with Gasteiger partial charge in [-0.25, -0.2) is 0 Å². The first-order valence-electron chi connectivity index (χ1n) is 6.91. The van der Waals surface area contributed by atoms with Crippen molar-refractivity contribution in [2.75, 3.05) is 18.5 Å². The van der Waals surface area contributed by atoms with E-state index < -0.39 is 0 Å². The van der Waals surface area contributed by atoms with Gasteiger partial charge in [0.05, 0.1) is 0 Å². The van der Waals surface area contributed by atoms with E-state index in [1.54, 1.807) is 0 Å². The maximum atomic E-state index is 12.2. The smallest absolute Gasteiger partial charge is 0.255 e. The fourth-order valence-electron chi connectivity index (χ4n) is 2.08. The molecule has 2 aromatic rings. The third kappa shape index (κ3) is 4.07. The lowest BCUT2D eigenvalue weighted by atomic mass is 10.1. The summed E-state index contributed by atoms with van der Waals surface area (Å²) in [5.74, 6) is 0.632. The zero-order valence-corrected chi connectivity index (χ0v) is 12.3. The number of anilines is 1. The van der Waals surface area contributed by atoms with Crippen molar-refractivity contribution in [1.29, 1.82) is 0 Å². The van der Waals surface area contributed by atoms with E-state index in [0.717, 1.165) is 22.6 Å². The molecule has 0 unspecified atom stereocenters. The van der Waals surface area contributed by atoms with Crippen molar-refractivity contribution in [1.82, 2.24) is 0 Å². The SMILES string of the molecule is Cc1ccc(C(=O)Nc2ccc(OCCN)cc2)c(C)c1. The van der Waals surface area contributed by atoms with Gasteiger partial charge in [-0.3, -0.25) is 4.79 Å². The predicted molar refractivity (Wildman–Crippen MR) is 84.9 cm³/mol. The molecule has 0 spiro atoms. The summed E-state index contributed by atoms with van der Waals surface area (Å²) in [6.07, 6.45) is 0. The Morgan fingerprint density at radius 1 is 1.14 bits per heavy atom. The molecule has 0 heterocycles. The molecule has 0 radical (unpaired) electrons. The van der Waals surface area contributed by atoms with Gasteiger partial charge in [0, 0.05) is 17.8 Å². The third-order valence-corrected chi connectivity index (χ3v) is 3.13. The molecular formula is C17H20N2O2. The summed E-state index contributed by atoms with van der Waals surface area (Å²) in [5, 5.41) is 2.88. The molecule has 0 bridgehead atoms. The highest BCUT2D eigenvalue weighted by atomic mass is 16.5. The lowest BCUT2D eigenvalue weighted by Gasteiger charge is -2.09. The standard InChI is InChI=1S/C17H20N2O2/c1-12-3-8-16(13(2)11-12)17(20)19-14-4-6-15(7-5-14)21-10-9-18/h3-8,11H,9-10,18H2,1-2H3,(H,19,20). The average Bonchev–Trinajstić information content (AvgIpc) is 2.46. The number of amides is 1. The number of hydrogen-bond acceptors (Lipinski definition) is 3. The number of nitrogens with one attached hydrogen (secondary N) is 1. The lowest BCUT2D eigenvalue weighted by Crippen LogP contribution is -2.13. The highest BCUT2D eigenvalue weighted by Crippen LogP contribution is 2.17. The monoisotopic (exact) mass is 284 g/mol. The van der Waals surface area contributed by atoms with E-state index in [-0.39, 0.29) is 5.91 Å². The molecular weight excluding hydrogens is 264 g/mol. The first kappa shape index (κ1) is 15.1. The van der Waals surface area contributed by atoms with Crippen LogP contribution >= 0.6 is 0 Å². The van der Waals surface area contributed by atoms with Crippen LogP contribution in [0.5, 0.6) is 5.75 Å². The van der Waals surface area contributed by atoms with Crippen molar-refractivity contribution in [3.63, 3.8) is 0 Å². The van der Waals surface area contributed by atoms with Crippen LogP contribution < -0.4 is 15.8 Å². The molecule has 0 saturated carbocycles. The minimum absolute atomic E-state index is 0.108. The number of carbonyl (C=O) groups is 1. The molecule has 0 aliphatic heterocycles. The summed E-state index contributed by atoms with van der Waals surface area (Å²) in [4.78, 5) is 12.2. The molecule has 0 aliphatic carbocycles. The van der Waals surface area contributed by atoms with Crippen LogP contribution in [0, 0.1) is 13.8 Å². The number of rotatable bonds is 5. The number of nitrogens with two attached hydrogens (primary N) is 1. The quantitative estimate of drug-likeness (QED) is 0.887. The van der Waals surface area contributed by atoms with Gasteiger partial charge in [-0.15, -0.1) is 0 Å². The molecule has 2 aromatic carbocycles. The molecule has 2 rings (SSSR count). The summed E-state index contributed by atoms with van der Waals surface area (Å²) in [6, 6.07) is 13.0. The topological polar surface area (TPSA) is 64.3 Å². The number of benzene rings is 2. The van der Waals surface area contributed by atoms with E-state index in [2.05, 4.69) is 5.32 Å². The summed E-state index contributed by atoms with van der Waals surface area (Å²) < 4.78 is 5.39. The number of carbonyl (C=O) groups excluding carboxylic acids is 1. The van der Waals surface area contributed by atoms with Crippen molar-refractivity contribution >= 4 is 11.6 Å². The van der Waals surface area contributed by atoms with E-state index in [0.29, 0.717) is 18.7 Å². The van der Waals surface area contributed by atoms with Crippen LogP contribution in [0.4, 0.5) is 5.69 Å². The number of aryl methyl sites for hydroxylation is 2. The third-order valence-electron chi connectivity index (χ3n) is 3.13. The van der Waals surface area contributed by atoms with Crippen LogP contribution in [-0.2, 0) is 0 Å². The van der Waals surface area contributed by atoms with Crippen LogP contribution in [0.15, 0.2) is 42.5 Å².